The zero-order chi connectivity index (χ0) is 19.2. The van der Waals surface area contributed by atoms with Crippen molar-refractivity contribution in [3.8, 4) is 11.1 Å². The number of aliphatic carboxylic acids is 1. The lowest BCUT2D eigenvalue weighted by atomic mass is 10.0. The third-order valence-corrected chi connectivity index (χ3v) is 2.79. The van der Waals surface area contributed by atoms with Crippen molar-refractivity contribution in [2.24, 2.45) is 0 Å². The zero-order valence-corrected chi connectivity index (χ0v) is 12.8. The number of rotatable bonds is 2. The fraction of sp³-hybridized carbons (Fsp3) is 0.125. The maximum Gasteiger partial charge on any atom is 0.490 e. The predicted molar refractivity (Wildman–Crippen MR) is 81.9 cm³/mol. The summed E-state index contributed by atoms with van der Waals surface area (Å²) in [5.41, 5.74) is 2.67. The van der Waals surface area contributed by atoms with Crippen LogP contribution >= 0.6 is 0 Å². The van der Waals surface area contributed by atoms with Gasteiger partial charge in [-0.2, -0.15) is 13.2 Å². The molecule has 25 heavy (non-hydrogen) atoms. The molecule has 0 heterocycles. The fourth-order valence-electron chi connectivity index (χ4n) is 1.78. The molecule has 9 heteroatoms. The number of aryl methyl sites for hydroxylation is 1. The molecule has 2 aromatic rings. The van der Waals surface area contributed by atoms with E-state index in [4.69, 9.17) is 15.0 Å². The third-order valence-electron chi connectivity index (χ3n) is 2.79. The molecule has 0 saturated heterocycles. The topological polar surface area (TPSA) is 86.6 Å². The number of carbonyl (C=O) groups is 2. The molecule has 0 aromatic heterocycles. The minimum Gasteiger partial charge on any atom is -0.475 e. The standard InChI is InChI=1S/C14H12FNO2.C2HF3O2/c1-9-5-6-12(13(7-9)16-14(17)18)10-3-2-4-11(15)8-10;3-2(4,5)1(6)7/h2-8,16H,1H3,(H,17,18);(H,6,7). The highest BCUT2D eigenvalue weighted by atomic mass is 19.4. The summed E-state index contributed by atoms with van der Waals surface area (Å²) >= 11 is 0. The first-order chi connectivity index (χ1) is 11.5. The summed E-state index contributed by atoms with van der Waals surface area (Å²) in [6.07, 6.45) is -6.22. The van der Waals surface area contributed by atoms with Crippen LogP contribution in [-0.4, -0.2) is 28.5 Å². The van der Waals surface area contributed by atoms with Crippen molar-refractivity contribution in [1.29, 1.82) is 0 Å². The zero-order valence-electron chi connectivity index (χ0n) is 12.8. The van der Waals surface area contributed by atoms with E-state index < -0.39 is 18.2 Å². The predicted octanol–water partition coefficient (Wildman–Crippen LogP) is 4.52. The largest absolute Gasteiger partial charge is 0.490 e. The van der Waals surface area contributed by atoms with Gasteiger partial charge in [-0.3, -0.25) is 5.32 Å². The van der Waals surface area contributed by atoms with Gasteiger partial charge in [0.05, 0.1) is 5.69 Å². The Bertz CT molecular complexity index is 775. The fourth-order valence-corrected chi connectivity index (χ4v) is 1.78. The van der Waals surface area contributed by atoms with Gasteiger partial charge in [0.15, 0.2) is 0 Å². The van der Waals surface area contributed by atoms with Crippen LogP contribution in [0.4, 0.5) is 28.0 Å². The van der Waals surface area contributed by atoms with E-state index in [9.17, 15) is 22.4 Å². The number of anilines is 1. The molecule has 0 atom stereocenters. The molecule has 2 aromatic carbocycles. The molecule has 0 aliphatic carbocycles. The number of amides is 1. The second-order valence-corrected chi connectivity index (χ2v) is 4.79. The number of carboxylic acid groups (broad SMARTS) is 2. The van der Waals surface area contributed by atoms with Crippen molar-refractivity contribution in [2.45, 2.75) is 13.1 Å². The molecule has 0 spiro atoms. The molecule has 134 valence electrons. The van der Waals surface area contributed by atoms with E-state index in [1.807, 2.05) is 13.0 Å². The summed E-state index contributed by atoms with van der Waals surface area (Å²) in [5.74, 6) is -3.11. The molecule has 0 aliphatic heterocycles. The van der Waals surface area contributed by atoms with Crippen LogP contribution in [0.1, 0.15) is 5.56 Å². The minimum absolute atomic E-state index is 0.352. The number of hydrogen-bond donors (Lipinski definition) is 3. The number of carboxylic acids is 1. The lowest BCUT2D eigenvalue weighted by molar-refractivity contribution is -0.192. The summed E-state index contributed by atoms with van der Waals surface area (Å²) in [5, 5.41) is 18.2. The van der Waals surface area contributed by atoms with Crippen molar-refractivity contribution in [3.63, 3.8) is 0 Å². The lowest BCUT2D eigenvalue weighted by Gasteiger charge is -2.10. The Morgan fingerprint density at radius 3 is 2.12 bits per heavy atom. The molecular formula is C16H13F4NO4. The van der Waals surface area contributed by atoms with Crippen LogP contribution in [0.25, 0.3) is 11.1 Å². The van der Waals surface area contributed by atoms with E-state index in [0.717, 1.165) is 5.56 Å². The highest BCUT2D eigenvalue weighted by Crippen LogP contribution is 2.29. The van der Waals surface area contributed by atoms with E-state index in [0.29, 0.717) is 16.8 Å². The lowest BCUT2D eigenvalue weighted by Crippen LogP contribution is -2.21. The van der Waals surface area contributed by atoms with Gasteiger partial charge in [-0.25, -0.2) is 14.0 Å². The highest BCUT2D eigenvalue weighted by molar-refractivity contribution is 5.90. The Morgan fingerprint density at radius 2 is 1.64 bits per heavy atom. The average Bonchev–Trinajstić information content (AvgIpc) is 2.46. The SMILES string of the molecule is Cc1ccc(-c2cccc(F)c2)c(NC(=O)O)c1.O=C(O)C(F)(F)F. The van der Waals surface area contributed by atoms with Gasteiger partial charge in [-0.05, 0) is 36.2 Å². The van der Waals surface area contributed by atoms with E-state index >= 15 is 0 Å². The van der Waals surface area contributed by atoms with E-state index in [-0.39, 0.29) is 5.82 Å². The third kappa shape index (κ3) is 6.50. The Labute approximate surface area is 139 Å². The first-order valence-corrected chi connectivity index (χ1v) is 6.67. The molecule has 5 nitrogen and oxygen atoms in total. The van der Waals surface area contributed by atoms with Gasteiger partial charge in [0.1, 0.15) is 5.82 Å². The highest BCUT2D eigenvalue weighted by Gasteiger charge is 2.38. The van der Waals surface area contributed by atoms with Gasteiger partial charge >= 0.3 is 18.2 Å². The summed E-state index contributed by atoms with van der Waals surface area (Å²) in [4.78, 5) is 19.6. The van der Waals surface area contributed by atoms with Crippen LogP contribution in [0.2, 0.25) is 0 Å². The second kappa shape index (κ2) is 8.13. The van der Waals surface area contributed by atoms with Crippen molar-refractivity contribution in [1.82, 2.24) is 0 Å². The molecule has 3 N–H and O–H groups in total. The van der Waals surface area contributed by atoms with Crippen LogP contribution in [0.15, 0.2) is 42.5 Å². The Kier molecular flexibility index (Phi) is 6.49. The number of halogens is 4. The van der Waals surface area contributed by atoms with Gasteiger partial charge in [-0.1, -0.05) is 24.3 Å². The van der Waals surface area contributed by atoms with Crippen molar-refractivity contribution in [2.75, 3.05) is 5.32 Å². The number of nitrogens with one attached hydrogen (secondary N) is 1. The normalized spacial score (nSPS) is 10.4. The van der Waals surface area contributed by atoms with Crippen molar-refractivity contribution >= 4 is 17.7 Å². The average molecular weight is 359 g/mol. The maximum atomic E-state index is 13.2. The summed E-state index contributed by atoms with van der Waals surface area (Å²) in [7, 11) is 0. The van der Waals surface area contributed by atoms with Gasteiger partial charge in [0.25, 0.3) is 0 Å². The van der Waals surface area contributed by atoms with Crippen LogP contribution in [-0.2, 0) is 4.79 Å². The molecule has 0 radical (unpaired) electrons. The molecule has 1 amide bonds. The maximum absolute atomic E-state index is 13.2. The smallest absolute Gasteiger partial charge is 0.475 e. The Hall–Kier alpha value is -3.10. The van der Waals surface area contributed by atoms with Gasteiger partial charge in [0, 0.05) is 5.56 Å². The molecule has 2 rings (SSSR count). The minimum atomic E-state index is -5.08. The molecular weight excluding hydrogens is 346 g/mol. The van der Waals surface area contributed by atoms with E-state index in [1.165, 1.54) is 12.1 Å². The van der Waals surface area contributed by atoms with Gasteiger partial charge in [-0.15, -0.1) is 0 Å². The van der Waals surface area contributed by atoms with E-state index in [1.54, 1.807) is 24.3 Å². The van der Waals surface area contributed by atoms with Crippen LogP contribution < -0.4 is 5.32 Å². The molecule has 0 aliphatic rings. The molecule has 0 unspecified atom stereocenters. The number of alkyl halides is 3. The van der Waals surface area contributed by atoms with Crippen LogP contribution in [0.3, 0.4) is 0 Å². The first-order valence-electron chi connectivity index (χ1n) is 6.67. The summed E-state index contributed by atoms with van der Waals surface area (Å²) < 4.78 is 44.9. The van der Waals surface area contributed by atoms with Crippen molar-refractivity contribution < 1.29 is 37.4 Å². The summed E-state index contributed by atoms with van der Waals surface area (Å²) in [6, 6.07) is 11.4. The van der Waals surface area contributed by atoms with Gasteiger partial charge < -0.3 is 10.2 Å². The quantitative estimate of drug-likeness (QED) is 0.688. The second-order valence-electron chi connectivity index (χ2n) is 4.79. The summed E-state index contributed by atoms with van der Waals surface area (Å²) in [6.45, 7) is 1.86. The van der Waals surface area contributed by atoms with Gasteiger partial charge in [0.2, 0.25) is 0 Å². The monoisotopic (exact) mass is 359 g/mol. The van der Waals surface area contributed by atoms with Crippen LogP contribution in [0.5, 0.6) is 0 Å². The number of benzene rings is 2. The number of hydrogen-bond acceptors (Lipinski definition) is 2. The Balaban J connectivity index is 0.000000381. The molecule has 0 fully saturated rings. The Morgan fingerprint density at radius 1 is 1.04 bits per heavy atom. The molecule has 0 saturated carbocycles. The van der Waals surface area contributed by atoms with Crippen molar-refractivity contribution in [3.05, 3.63) is 53.8 Å². The first kappa shape index (κ1) is 19.9. The molecule has 0 bridgehead atoms. The van der Waals surface area contributed by atoms with Crippen LogP contribution in [0, 0.1) is 12.7 Å². The van der Waals surface area contributed by atoms with E-state index in [2.05, 4.69) is 5.32 Å².